The maximum absolute atomic E-state index is 9.79. The Morgan fingerprint density at radius 1 is 1.67 bits per heavy atom. The molecule has 0 radical (unpaired) electrons. The van der Waals surface area contributed by atoms with E-state index in [1.165, 1.54) is 6.08 Å². The highest BCUT2D eigenvalue weighted by Gasteiger charge is 1.96. The van der Waals surface area contributed by atoms with E-state index in [1.807, 2.05) is 18.2 Å². The molecule has 0 atom stereocenters. The van der Waals surface area contributed by atoms with Gasteiger partial charge in [-0.15, -0.1) is 0 Å². The van der Waals surface area contributed by atoms with E-state index in [1.54, 1.807) is 6.20 Å². The molecule has 1 aromatic rings. The largest absolute Gasteiger partial charge is 0.257 e. The molecule has 0 aliphatic rings. The quantitative estimate of drug-likeness (QED) is 0.495. The molecule has 1 rings (SSSR count). The third kappa shape index (κ3) is 2.15. The van der Waals surface area contributed by atoms with Crippen LogP contribution >= 0.6 is 0 Å². The zero-order chi connectivity index (χ0) is 8.81. The van der Waals surface area contributed by atoms with Gasteiger partial charge < -0.3 is 0 Å². The molecule has 1 heterocycles. The summed E-state index contributed by atoms with van der Waals surface area (Å²) in [6.45, 7) is 3.99. The third-order valence-corrected chi connectivity index (χ3v) is 1.36. The first-order valence-corrected chi connectivity index (χ1v) is 3.47. The second-order valence-electron chi connectivity index (χ2n) is 2.23. The van der Waals surface area contributed by atoms with Crippen molar-refractivity contribution in [3.05, 3.63) is 36.7 Å². The Morgan fingerprint density at radius 3 is 3.08 bits per heavy atom. The maximum Gasteiger partial charge on any atom is 0.235 e. The van der Waals surface area contributed by atoms with Crippen LogP contribution < -0.4 is 0 Å². The van der Waals surface area contributed by atoms with Crippen molar-refractivity contribution in [3.63, 3.8) is 0 Å². The lowest BCUT2D eigenvalue weighted by atomic mass is 10.2. The summed E-state index contributed by atoms with van der Waals surface area (Å²) in [6.07, 6.45) is 3.13. The number of aromatic nitrogens is 1. The Hall–Kier alpha value is -1.73. The Labute approximate surface area is 70.5 Å². The molecule has 3 nitrogen and oxygen atoms in total. The number of rotatable bonds is 3. The van der Waals surface area contributed by atoms with Crippen molar-refractivity contribution < 1.29 is 4.79 Å². The Bertz CT molecular complexity index is 313. The molecule has 0 aliphatic heterocycles. The summed E-state index contributed by atoms with van der Waals surface area (Å²) in [5.74, 6) is 0. The molecular weight excluding hydrogens is 152 g/mol. The second kappa shape index (κ2) is 4.21. The smallest absolute Gasteiger partial charge is 0.235 e. The Morgan fingerprint density at radius 2 is 2.50 bits per heavy atom. The minimum atomic E-state index is 0.264. The summed E-state index contributed by atoms with van der Waals surface area (Å²) in [5.41, 5.74) is 1.48. The molecule has 0 saturated heterocycles. The Balaban J connectivity index is 2.72. The van der Waals surface area contributed by atoms with Gasteiger partial charge in [0.05, 0.1) is 12.2 Å². The zero-order valence-electron chi connectivity index (χ0n) is 6.53. The minimum absolute atomic E-state index is 0.264. The molecule has 1 aromatic heterocycles. The minimum Gasteiger partial charge on any atom is -0.257 e. The summed E-state index contributed by atoms with van der Waals surface area (Å²) < 4.78 is 0. The van der Waals surface area contributed by atoms with E-state index < -0.39 is 0 Å². The fourth-order valence-corrected chi connectivity index (χ4v) is 0.781. The summed E-state index contributed by atoms with van der Waals surface area (Å²) in [4.78, 5) is 17.2. The van der Waals surface area contributed by atoms with Crippen molar-refractivity contribution in [2.24, 2.45) is 4.99 Å². The van der Waals surface area contributed by atoms with Gasteiger partial charge in [-0.1, -0.05) is 12.6 Å². The summed E-state index contributed by atoms with van der Waals surface area (Å²) in [6, 6.07) is 5.50. The number of hydrogen-bond donors (Lipinski definition) is 0. The second-order valence-corrected chi connectivity index (χ2v) is 2.23. The molecule has 0 unspecified atom stereocenters. The van der Waals surface area contributed by atoms with Gasteiger partial charge in [0.2, 0.25) is 6.08 Å². The number of carbonyl (C=O) groups excluding carboxylic acids is 1. The molecule has 0 aliphatic carbocycles. The van der Waals surface area contributed by atoms with E-state index in [-0.39, 0.29) is 6.54 Å². The highest BCUT2D eigenvalue weighted by atomic mass is 16.1. The van der Waals surface area contributed by atoms with Crippen LogP contribution in [-0.4, -0.2) is 17.6 Å². The molecule has 0 bridgehead atoms. The highest BCUT2D eigenvalue weighted by Crippen LogP contribution is 2.07. The molecule has 0 aromatic carbocycles. The number of aliphatic imine (C=N–C) groups is 1. The fourth-order valence-electron chi connectivity index (χ4n) is 0.781. The van der Waals surface area contributed by atoms with Crippen molar-refractivity contribution in [1.29, 1.82) is 0 Å². The molecule has 0 spiro atoms. The van der Waals surface area contributed by atoms with Crippen LogP contribution in [0.1, 0.15) is 5.69 Å². The van der Waals surface area contributed by atoms with E-state index in [0.29, 0.717) is 0 Å². The molecule has 60 valence electrons. The van der Waals surface area contributed by atoms with Crippen molar-refractivity contribution in [1.82, 2.24) is 4.98 Å². The van der Waals surface area contributed by atoms with Gasteiger partial charge in [-0.25, -0.2) is 9.79 Å². The summed E-state index contributed by atoms with van der Waals surface area (Å²) in [5, 5.41) is 0. The normalized spacial score (nSPS) is 8.67. The van der Waals surface area contributed by atoms with Gasteiger partial charge in [0.1, 0.15) is 0 Å². The van der Waals surface area contributed by atoms with E-state index >= 15 is 0 Å². The highest BCUT2D eigenvalue weighted by molar-refractivity contribution is 5.62. The first-order valence-electron chi connectivity index (χ1n) is 3.47. The van der Waals surface area contributed by atoms with Gasteiger partial charge >= 0.3 is 0 Å². The topological polar surface area (TPSA) is 42.3 Å². The van der Waals surface area contributed by atoms with Gasteiger partial charge in [0, 0.05) is 6.20 Å². The lowest BCUT2D eigenvalue weighted by Gasteiger charge is -1.97. The van der Waals surface area contributed by atoms with Crippen LogP contribution in [0.25, 0.3) is 5.57 Å². The monoisotopic (exact) mass is 160 g/mol. The van der Waals surface area contributed by atoms with Gasteiger partial charge in [-0.3, -0.25) is 4.98 Å². The van der Waals surface area contributed by atoms with Crippen LogP contribution in [0.3, 0.4) is 0 Å². The van der Waals surface area contributed by atoms with E-state index in [2.05, 4.69) is 16.6 Å². The zero-order valence-corrected chi connectivity index (χ0v) is 6.53. The number of hydrogen-bond acceptors (Lipinski definition) is 3. The van der Waals surface area contributed by atoms with Crippen molar-refractivity contribution in [3.8, 4) is 0 Å². The molecule has 3 heteroatoms. The van der Waals surface area contributed by atoms with E-state index in [4.69, 9.17) is 0 Å². The average molecular weight is 160 g/mol. The predicted octanol–water partition coefficient (Wildman–Crippen LogP) is 1.43. The first-order chi connectivity index (χ1) is 5.84. The third-order valence-electron chi connectivity index (χ3n) is 1.36. The molecule has 0 saturated carbocycles. The molecule has 0 amide bonds. The summed E-state index contributed by atoms with van der Waals surface area (Å²) >= 11 is 0. The van der Waals surface area contributed by atoms with Gasteiger partial charge in [-0.05, 0) is 17.7 Å². The van der Waals surface area contributed by atoms with E-state index in [0.717, 1.165) is 11.3 Å². The van der Waals surface area contributed by atoms with Gasteiger partial charge in [0.25, 0.3) is 0 Å². The van der Waals surface area contributed by atoms with Crippen LogP contribution in [0.2, 0.25) is 0 Å². The van der Waals surface area contributed by atoms with Gasteiger partial charge in [-0.2, -0.15) is 0 Å². The number of isocyanates is 1. The van der Waals surface area contributed by atoms with E-state index in [9.17, 15) is 4.79 Å². The lowest BCUT2D eigenvalue weighted by Crippen LogP contribution is -1.89. The van der Waals surface area contributed by atoms with Crippen molar-refractivity contribution in [2.45, 2.75) is 0 Å². The lowest BCUT2D eigenvalue weighted by molar-refractivity contribution is 0.564. The van der Waals surface area contributed by atoms with Crippen molar-refractivity contribution in [2.75, 3.05) is 6.54 Å². The molecule has 12 heavy (non-hydrogen) atoms. The fraction of sp³-hybridized carbons (Fsp3) is 0.111. The summed E-state index contributed by atoms with van der Waals surface area (Å²) in [7, 11) is 0. The molecule has 0 fully saturated rings. The van der Waals surface area contributed by atoms with Crippen LogP contribution in [-0.2, 0) is 4.79 Å². The predicted molar refractivity (Wildman–Crippen MR) is 46.3 cm³/mol. The van der Waals surface area contributed by atoms with Crippen molar-refractivity contribution >= 4 is 11.7 Å². The maximum atomic E-state index is 9.79. The number of nitrogens with zero attached hydrogens (tertiary/aromatic N) is 2. The first kappa shape index (κ1) is 8.37. The standard InChI is InChI=1S/C9H8N2O/c1-8(6-10-7-12)9-4-2-3-5-11-9/h2-5H,1,6H2. The SMILES string of the molecule is C=C(CN=C=O)c1ccccn1. The van der Waals surface area contributed by atoms with Crippen LogP contribution in [0.15, 0.2) is 36.0 Å². The average Bonchev–Trinajstić information content (AvgIpc) is 2.15. The van der Waals surface area contributed by atoms with Gasteiger partial charge in [0.15, 0.2) is 0 Å². The number of pyridine rings is 1. The molecular formula is C9H8N2O. The molecule has 0 N–H and O–H groups in total. The Kier molecular flexibility index (Phi) is 2.94. The van der Waals surface area contributed by atoms with Crippen LogP contribution in [0, 0.1) is 0 Å². The van der Waals surface area contributed by atoms with Crippen LogP contribution in [0.4, 0.5) is 0 Å². The van der Waals surface area contributed by atoms with Crippen LogP contribution in [0.5, 0.6) is 0 Å².